The van der Waals surface area contributed by atoms with Crippen molar-refractivity contribution < 1.29 is 9.47 Å². The molecule has 1 N–H and O–H groups in total. The Balaban J connectivity index is 1.85. The number of halogens is 1. The molecule has 0 atom stereocenters. The zero-order chi connectivity index (χ0) is 12.4. The van der Waals surface area contributed by atoms with Crippen molar-refractivity contribution in [2.45, 2.75) is 0 Å². The second kappa shape index (κ2) is 4.70. The van der Waals surface area contributed by atoms with E-state index in [1.807, 2.05) is 18.2 Å². The van der Waals surface area contributed by atoms with E-state index in [0.717, 1.165) is 17.2 Å². The van der Waals surface area contributed by atoms with Crippen molar-refractivity contribution in [1.82, 2.24) is 9.97 Å². The molecule has 1 aromatic carbocycles. The molecule has 0 saturated heterocycles. The molecule has 1 aliphatic heterocycles. The maximum atomic E-state index is 5.72. The van der Waals surface area contributed by atoms with E-state index in [-0.39, 0.29) is 5.28 Å². The number of aromatic nitrogens is 2. The minimum atomic E-state index is 0.206. The molecule has 0 unspecified atom stereocenters. The number of ether oxygens (including phenoxy) is 2. The molecule has 0 amide bonds. The molecule has 0 radical (unpaired) electrons. The second-order valence-corrected chi connectivity index (χ2v) is 4.03. The van der Waals surface area contributed by atoms with Gasteiger partial charge in [0.25, 0.3) is 0 Å². The highest BCUT2D eigenvalue weighted by atomic mass is 35.5. The summed E-state index contributed by atoms with van der Waals surface area (Å²) in [6.07, 6.45) is 1.59. The molecule has 3 rings (SSSR count). The molecule has 1 aromatic heterocycles. The van der Waals surface area contributed by atoms with Crippen LogP contribution in [0.4, 0.5) is 11.5 Å². The SMILES string of the molecule is Clc1nccc(Nc2ccc3c(c2)OCCO3)n1. The lowest BCUT2D eigenvalue weighted by Crippen LogP contribution is -2.15. The van der Waals surface area contributed by atoms with Crippen LogP contribution in [-0.4, -0.2) is 23.2 Å². The normalized spacial score (nSPS) is 13.2. The van der Waals surface area contributed by atoms with Crippen LogP contribution in [0.5, 0.6) is 11.5 Å². The number of fused-ring (bicyclic) bond motifs is 1. The lowest BCUT2D eigenvalue weighted by Gasteiger charge is -2.19. The summed E-state index contributed by atoms with van der Waals surface area (Å²) in [5, 5.41) is 3.33. The smallest absolute Gasteiger partial charge is 0.224 e. The van der Waals surface area contributed by atoms with E-state index in [1.165, 1.54) is 0 Å². The molecule has 18 heavy (non-hydrogen) atoms. The molecule has 5 nitrogen and oxygen atoms in total. The molecule has 6 heteroatoms. The van der Waals surface area contributed by atoms with Gasteiger partial charge in [0.15, 0.2) is 11.5 Å². The van der Waals surface area contributed by atoms with Crippen LogP contribution in [0.2, 0.25) is 5.28 Å². The van der Waals surface area contributed by atoms with E-state index in [9.17, 15) is 0 Å². The van der Waals surface area contributed by atoms with Crippen LogP contribution >= 0.6 is 11.6 Å². The van der Waals surface area contributed by atoms with Crippen molar-refractivity contribution in [1.29, 1.82) is 0 Å². The van der Waals surface area contributed by atoms with Crippen molar-refractivity contribution in [2.75, 3.05) is 18.5 Å². The van der Waals surface area contributed by atoms with E-state index in [0.29, 0.717) is 19.0 Å². The number of nitrogens with zero attached hydrogens (tertiary/aromatic N) is 2. The highest BCUT2D eigenvalue weighted by Crippen LogP contribution is 2.33. The first-order valence-corrected chi connectivity index (χ1v) is 5.84. The van der Waals surface area contributed by atoms with Gasteiger partial charge in [0.1, 0.15) is 19.0 Å². The number of benzene rings is 1. The lowest BCUT2D eigenvalue weighted by atomic mass is 10.2. The third kappa shape index (κ3) is 2.31. The van der Waals surface area contributed by atoms with Gasteiger partial charge in [0, 0.05) is 18.0 Å². The highest BCUT2D eigenvalue weighted by Gasteiger charge is 2.11. The van der Waals surface area contributed by atoms with Gasteiger partial charge in [0.05, 0.1) is 0 Å². The Morgan fingerprint density at radius 1 is 1.11 bits per heavy atom. The van der Waals surface area contributed by atoms with Crippen LogP contribution < -0.4 is 14.8 Å². The highest BCUT2D eigenvalue weighted by molar-refractivity contribution is 6.28. The fourth-order valence-electron chi connectivity index (χ4n) is 1.67. The Labute approximate surface area is 109 Å². The van der Waals surface area contributed by atoms with Gasteiger partial charge in [-0.1, -0.05) is 0 Å². The molecule has 0 aliphatic carbocycles. The zero-order valence-corrected chi connectivity index (χ0v) is 10.1. The topological polar surface area (TPSA) is 56.3 Å². The van der Waals surface area contributed by atoms with Crippen LogP contribution in [0.1, 0.15) is 0 Å². The van der Waals surface area contributed by atoms with Crippen LogP contribution in [-0.2, 0) is 0 Å². The Kier molecular flexibility index (Phi) is 2.90. The summed E-state index contributed by atoms with van der Waals surface area (Å²) in [4.78, 5) is 7.87. The van der Waals surface area contributed by atoms with Crippen LogP contribution in [0, 0.1) is 0 Å². The molecule has 0 fully saturated rings. The van der Waals surface area contributed by atoms with E-state index in [1.54, 1.807) is 12.3 Å². The van der Waals surface area contributed by atoms with Gasteiger partial charge >= 0.3 is 0 Å². The zero-order valence-electron chi connectivity index (χ0n) is 9.39. The molecular formula is C12H10ClN3O2. The minimum absolute atomic E-state index is 0.206. The largest absolute Gasteiger partial charge is 0.486 e. The minimum Gasteiger partial charge on any atom is -0.486 e. The Bertz CT molecular complexity index is 577. The van der Waals surface area contributed by atoms with Gasteiger partial charge in [-0.05, 0) is 29.8 Å². The summed E-state index contributed by atoms with van der Waals surface area (Å²) < 4.78 is 10.9. The van der Waals surface area contributed by atoms with Crippen molar-refractivity contribution in [3.05, 3.63) is 35.7 Å². The molecule has 0 saturated carbocycles. The Morgan fingerprint density at radius 3 is 2.78 bits per heavy atom. The lowest BCUT2D eigenvalue weighted by molar-refractivity contribution is 0.171. The van der Waals surface area contributed by atoms with E-state index < -0.39 is 0 Å². The van der Waals surface area contributed by atoms with E-state index >= 15 is 0 Å². The maximum Gasteiger partial charge on any atom is 0.224 e. The number of anilines is 2. The van der Waals surface area contributed by atoms with Crippen LogP contribution in [0.3, 0.4) is 0 Å². The predicted octanol–water partition coefficient (Wildman–Crippen LogP) is 2.64. The second-order valence-electron chi connectivity index (χ2n) is 3.69. The molecule has 92 valence electrons. The van der Waals surface area contributed by atoms with Crippen LogP contribution in [0.15, 0.2) is 30.5 Å². The Hall–Kier alpha value is -2.01. The predicted molar refractivity (Wildman–Crippen MR) is 67.8 cm³/mol. The fourth-order valence-corrected chi connectivity index (χ4v) is 1.82. The summed E-state index contributed by atoms with van der Waals surface area (Å²) >= 11 is 5.72. The van der Waals surface area contributed by atoms with Crippen molar-refractivity contribution in [2.24, 2.45) is 0 Å². The summed E-state index contributed by atoms with van der Waals surface area (Å²) in [5.74, 6) is 2.12. The average molecular weight is 264 g/mol. The van der Waals surface area contributed by atoms with Crippen molar-refractivity contribution in [3.63, 3.8) is 0 Å². The standard InChI is InChI=1S/C12H10ClN3O2/c13-12-14-4-3-11(16-12)15-8-1-2-9-10(7-8)18-6-5-17-9/h1-4,7H,5-6H2,(H,14,15,16). The first kappa shape index (κ1) is 11.1. The van der Waals surface area contributed by atoms with Crippen LogP contribution in [0.25, 0.3) is 0 Å². The molecule has 0 spiro atoms. The quantitative estimate of drug-likeness (QED) is 0.844. The van der Waals surface area contributed by atoms with Gasteiger partial charge in [-0.15, -0.1) is 0 Å². The summed E-state index contributed by atoms with van der Waals surface area (Å²) in [7, 11) is 0. The molecule has 2 heterocycles. The maximum absolute atomic E-state index is 5.72. The van der Waals surface area contributed by atoms with Gasteiger partial charge in [-0.3, -0.25) is 0 Å². The van der Waals surface area contributed by atoms with Gasteiger partial charge < -0.3 is 14.8 Å². The summed E-state index contributed by atoms with van der Waals surface area (Å²) in [5.41, 5.74) is 0.856. The average Bonchev–Trinajstić information content (AvgIpc) is 2.39. The van der Waals surface area contributed by atoms with E-state index in [4.69, 9.17) is 21.1 Å². The number of hydrogen-bond acceptors (Lipinski definition) is 5. The molecule has 1 aliphatic rings. The number of hydrogen-bond donors (Lipinski definition) is 1. The van der Waals surface area contributed by atoms with Gasteiger partial charge in [-0.25, -0.2) is 9.97 Å². The molecule has 2 aromatic rings. The van der Waals surface area contributed by atoms with Gasteiger partial charge in [0.2, 0.25) is 5.28 Å². The molecule has 0 bridgehead atoms. The Morgan fingerprint density at radius 2 is 1.94 bits per heavy atom. The number of rotatable bonds is 2. The van der Waals surface area contributed by atoms with Crippen molar-refractivity contribution in [3.8, 4) is 11.5 Å². The molecular weight excluding hydrogens is 254 g/mol. The first-order valence-electron chi connectivity index (χ1n) is 5.46. The third-order valence-electron chi connectivity index (χ3n) is 2.44. The van der Waals surface area contributed by atoms with Crippen molar-refractivity contribution >= 4 is 23.1 Å². The fraction of sp³-hybridized carbons (Fsp3) is 0.167. The summed E-state index contributed by atoms with van der Waals surface area (Å²) in [6, 6.07) is 7.36. The summed E-state index contributed by atoms with van der Waals surface area (Å²) in [6.45, 7) is 1.15. The first-order chi connectivity index (χ1) is 8.81. The number of nitrogens with one attached hydrogen (secondary N) is 1. The van der Waals surface area contributed by atoms with Gasteiger partial charge in [-0.2, -0.15) is 0 Å². The third-order valence-corrected chi connectivity index (χ3v) is 2.62. The van der Waals surface area contributed by atoms with E-state index in [2.05, 4.69) is 15.3 Å². The monoisotopic (exact) mass is 263 g/mol.